The fourth-order valence-corrected chi connectivity index (χ4v) is 3.42. The maximum Gasteiger partial charge on any atom is 0.244 e. The van der Waals surface area contributed by atoms with Crippen molar-refractivity contribution in [3.8, 4) is 11.3 Å². The molecule has 2 aromatic heterocycles. The fourth-order valence-electron chi connectivity index (χ4n) is 3.25. The van der Waals surface area contributed by atoms with Gasteiger partial charge < -0.3 is 0 Å². The molecule has 0 bridgehead atoms. The topological polar surface area (TPSA) is 76.0 Å². The van der Waals surface area contributed by atoms with Crippen LogP contribution in [0.2, 0.25) is 5.02 Å². The lowest BCUT2D eigenvalue weighted by atomic mass is 10.1. The number of halogens is 1. The van der Waals surface area contributed by atoms with Gasteiger partial charge in [-0.3, -0.25) is 9.97 Å². The summed E-state index contributed by atoms with van der Waals surface area (Å²) in [5.74, 6) is 0.395. The van der Waals surface area contributed by atoms with Crippen LogP contribution in [0, 0.1) is 0 Å². The molecule has 0 saturated heterocycles. The number of benzene rings is 3. The molecule has 0 aliphatic rings. The maximum absolute atomic E-state index is 6.21. The van der Waals surface area contributed by atoms with Crippen molar-refractivity contribution in [3.63, 3.8) is 0 Å². The van der Waals surface area contributed by atoms with Crippen molar-refractivity contribution in [2.24, 2.45) is 5.10 Å². The average Bonchev–Trinajstić information content (AvgIpc) is 2.79. The highest BCUT2D eigenvalue weighted by Gasteiger charge is 2.10. The van der Waals surface area contributed by atoms with E-state index in [0.717, 1.165) is 38.8 Å². The number of hydrogen-bond acceptors (Lipinski definition) is 6. The van der Waals surface area contributed by atoms with E-state index in [9.17, 15) is 0 Å². The number of fused-ring (bicyclic) bond motifs is 2. The highest BCUT2D eigenvalue weighted by molar-refractivity contribution is 6.31. The zero-order valence-corrected chi connectivity index (χ0v) is 16.5. The predicted octanol–water partition coefficient (Wildman–Crippen LogP) is 5.34. The highest BCUT2D eigenvalue weighted by atomic mass is 35.5. The van der Waals surface area contributed by atoms with Crippen LogP contribution in [-0.2, 0) is 0 Å². The quantitative estimate of drug-likeness (QED) is 0.319. The Bertz CT molecular complexity index is 1380. The van der Waals surface area contributed by atoms with Crippen molar-refractivity contribution >= 4 is 45.7 Å². The standard InChI is InChI=1S/C23H15ClN6/c24-17-9-10-19-18(13-17)21(15-5-2-1-3-6-15)29-23(28-19)30-27-14-16-7-4-8-20-22(16)26-12-11-25-20/h1-14H,(H,28,29,30). The highest BCUT2D eigenvalue weighted by Crippen LogP contribution is 2.29. The van der Waals surface area contributed by atoms with E-state index in [2.05, 4.69) is 30.5 Å². The number of para-hydroxylation sites is 1. The van der Waals surface area contributed by atoms with E-state index < -0.39 is 0 Å². The molecule has 0 saturated carbocycles. The van der Waals surface area contributed by atoms with Gasteiger partial charge in [-0.1, -0.05) is 54.1 Å². The maximum atomic E-state index is 6.21. The second kappa shape index (κ2) is 7.85. The lowest BCUT2D eigenvalue weighted by Gasteiger charge is -2.09. The summed E-state index contributed by atoms with van der Waals surface area (Å²) >= 11 is 6.21. The molecule has 0 radical (unpaired) electrons. The van der Waals surface area contributed by atoms with Crippen molar-refractivity contribution in [2.45, 2.75) is 0 Å². The second-order valence-electron chi connectivity index (χ2n) is 6.56. The monoisotopic (exact) mass is 410 g/mol. The van der Waals surface area contributed by atoms with Gasteiger partial charge in [-0.25, -0.2) is 15.4 Å². The zero-order valence-electron chi connectivity index (χ0n) is 15.7. The molecule has 0 fully saturated rings. The first-order chi connectivity index (χ1) is 14.8. The Labute approximate surface area is 177 Å². The van der Waals surface area contributed by atoms with E-state index in [1.807, 2.05) is 66.7 Å². The van der Waals surface area contributed by atoms with Gasteiger partial charge in [0.05, 0.1) is 28.5 Å². The van der Waals surface area contributed by atoms with Gasteiger partial charge in [0.1, 0.15) is 0 Å². The van der Waals surface area contributed by atoms with E-state index in [4.69, 9.17) is 11.6 Å². The van der Waals surface area contributed by atoms with Gasteiger partial charge >= 0.3 is 0 Å². The molecule has 5 rings (SSSR count). The summed E-state index contributed by atoms with van der Waals surface area (Å²) in [4.78, 5) is 18.0. The first-order valence-electron chi connectivity index (χ1n) is 9.29. The Kier molecular flexibility index (Phi) is 4.75. The molecular formula is C23H15ClN6. The minimum absolute atomic E-state index is 0.395. The van der Waals surface area contributed by atoms with Crippen molar-refractivity contribution in [2.75, 3.05) is 5.43 Å². The summed E-state index contributed by atoms with van der Waals surface area (Å²) < 4.78 is 0. The second-order valence-corrected chi connectivity index (χ2v) is 7.00. The van der Waals surface area contributed by atoms with E-state index in [1.54, 1.807) is 18.6 Å². The number of hydrogen-bond donors (Lipinski definition) is 1. The molecule has 0 aliphatic carbocycles. The Hall–Kier alpha value is -3.90. The molecule has 0 amide bonds. The Morgan fingerprint density at radius 3 is 2.60 bits per heavy atom. The Balaban J connectivity index is 1.53. The first kappa shape index (κ1) is 18.1. The van der Waals surface area contributed by atoms with Gasteiger partial charge in [-0.15, -0.1) is 0 Å². The summed E-state index contributed by atoms with van der Waals surface area (Å²) in [6.07, 6.45) is 5.02. The number of anilines is 1. The number of aromatic nitrogens is 4. The van der Waals surface area contributed by atoms with Gasteiger partial charge in [0.15, 0.2) is 0 Å². The molecule has 3 aromatic carbocycles. The Morgan fingerprint density at radius 2 is 1.70 bits per heavy atom. The molecular weight excluding hydrogens is 396 g/mol. The molecule has 0 aliphatic heterocycles. The van der Waals surface area contributed by atoms with Gasteiger partial charge in [0.25, 0.3) is 0 Å². The van der Waals surface area contributed by atoms with E-state index in [1.165, 1.54) is 0 Å². The average molecular weight is 411 g/mol. The summed E-state index contributed by atoms with van der Waals surface area (Å²) in [5, 5.41) is 5.85. The zero-order chi connectivity index (χ0) is 20.3. The van der Waals surface area contributed by atoms with Gasteiger partial charge in [0.2, 0.25) is 5.95 Å². The number of rotatable bonds is 4. The molecule has 6 nitrogen and oxygen atoms in total. The van der Waals surface area contributed by atoms with Crippen LogP contribution >= 0.6 is 11.6 Å². The molecule has 2 heterocycles. The molecule has 0 atom stereocenters. The third kappa shape index (κ3) is 3.56. The molecule has 144 valence electrons. The first-order valence-corrected chi connectivity index (χ1v) is 9.67. The van der Waals surface area contributed by atoms with Crippen molar-refractivity contribution < 1.29 is 0 Å². The SMILES string of the molecule is Clc1ccc2nc(NN=Cc3cccc4nccnc34)nc(-c3ccccc3)c2c1. The summed E-state index contributed by atoms with van der Waals surface area (Å²) in [7, 11) is 0. The van der Waals surface area contributed by atoms with Gasteiger partial charge in [0, 0.05) is 33.9 Å². The number of nitrogens with one attached hydrogen (secondary N) is 1. The summed E-state index contributed by atoms with van der Waals surface area (Å²) in [6, 6.07) is 21.3. The van der Waals surface area contributed by atoms with Crippen LogP contribution in [0.5, 0.6) is 0 Å². The molecule has 1 N–H and O–H groups in total. The van der Waals surface area contributed by atoms with Crippen molar-refractivity contribution in [1.29, 1.82) is 0 Å². The van der Waals surface area contributed by atoms with E-state index in [-0.39, 0.29) is 0 Å². The smallest absolute Gasteiger partial charge is 0.244 e. The van der Waals surface area contributed by atoms with Crippen LogP contribution in [0.4, 0.5) is 5.95 Å². The largest absolute Gasteiger partial charge is 0.253 e. The lowest BCUT2D eigenvalue weighted by molar-refractivity contribution is 1.16. The Morgan fingerprint density at radius 1 is 0.833 bits per heavy atom. The lowest BCUT2D eigenvalue weighted by Crippen LogP contribution is -2.00. The molecule has 30 heavy (non-hydrogen) atoms. The van der Waals surface area contributed by atoms with Gasteiger partial charge in [-0.05, 0) is 24.3 Å². The van der Waals surface area contributed by atoms with Crippen LogP contribution in [0.1, 0.15) is 5.56 Å². The van der Waals surface area contributed by atoms with Crippen LogP contribution in [0.3, 0.4) is 0 Å². The summed E-state index contributed by atoms with van der Waals surface area (Å²) in [5.41, 5.74) is 7.93. The van der Waals surface area contributed by atoms with Gasteiger partial charge in [-0.2, -0.15) is 5.10 Å². The molecule has 0 unspecified atom stereocenters. The van der Waals surface area contributed by atoms with E-state index in [0.29, 0.717) is 11.0 Å². The molecule has 0 spiro atoms. The van der Waals surface area contributed by atoms with Crippen molar-refractivity contribution in [1.82, 2.24) is 19.9 Å². The van der Waals surface area contributed by atoms with E-state index >= 15 is 0 Å². The molecule has 7 heteroatoms. The third-order valence-electron chi connectivity index (χ3n) is 4.60. The molecule has 5 aromatic rings. The number of nitrogens with zero attached hydrogens (tertiary/aromatic N) is 5. The van der Waals surface area contributed by atoms with Crippen LogP contribution in [-0.4, -0.2) is 26.2 Å². The summed E-state index contributed by atoms with van der Waals surface area (Å²) in [6.45, 7) is 0. The fraction of sp³-hybridized carbons (Fsp3) is 0. The van der Waals surface area contributed by atoms with Crippen LogP contribution < -0.4 is 5.43 Å². The number of hydrazone groups is 1. The van der Waals surface area contributed by atoms with Crippen LogP contribution in [0.15, 0.2) is 84.2 Å². The van der Waals surface area contributed by atoms with Crippen LogP contribution in [0.25, 0.3) is 33.2 Å². The minimum Gasteiger partial charge on any atom is -0.253 e. The third-order valence-corrected chi connectivity index (χ3v) is 4.84. The van der Waals surface area contributed by atoms with Crippen molar-refractivity contribution in [3.05, 3.63) is 89.7 Å². The predicted molar refractivity (Wildman–Crippen MR) is 121 cm³/mol. The normalized spacial score (nSPS) is 11.4. The minimum atomic E-state index is 0.395.